The lowest BCUT2D eigenvalue weighted by atomic mass is 9.99. The number of benzene rings is 4. The fourth-order valence-corrected chi connectivity index (χ4v) is 5.44. The Balaban J connectivity index is 1.40. The maximum Gasteiger partial charge on any atom is 0.0493 e. The molecule has 36 heavy (non-hydrogen) atoms. The van der Waals surface area contributed by atoms with E-state index >= 15 is 0 Å². The molecule has 0 saturated heterocycles. The second-order valence-electron chi connectivity index (χ2n) is 10.3. The van der Waals surface area contributed by atoms with Crippen LogP contribution in [0, 0.1) is 5.92 Å². The van der Waals surface area contributed by atoms with Crippen LogP contribution in [0.5, 0.6) is 0 Å². The van der Waals surface area contributed by atoms with Gasteiger partial charge in [-0.2, -0.15) is 0 Å². The van der Waals surface area contributed by atoms with E-state index in [0.717, 1.165) is 6.42 Å². The van der Waals surface area contributed by atoms with Gasteiger partial charge in [0.2, 0.25) is 0 Å². The molecule has 1 aliphatic carbocycles. The highest BCUT2D eigenvalue weighted by Crippen LogP contribution is 2.39. The van der Waals surface area contributed by atoms with Crippen LogP contribution in [0.4, 0.5) is 17.1 Å². The Morgan fingerprint density at radius 1 is 0.778 bits per heavy atom. The molecule has 1 heterocycles. The van der Waals surface area contributed by atoms with Gasteiger partial charge in [0.05, 0.1) is 0 Å². The SMILES string of the molecule is CC(C)Cc1ccccc1N(c1ccccc1)c1ccc(-c2ccc3[nH]c4c(c3c2)C=CC4C)cc1. The van der Waals surface area contributed by atoms with E-state index < -0.39 is 0 Å². The van der Waals surface area contributed by atoms with Crippen molar-refractivity contribution in [2.45, 2.75) is 33.1 Å². The van der Waals surface area contributed by atoms with Crippen molar-refractivity contribution >= 4 is 34.0 Å². The monoisotopic (exact) mass is 468 g/mol. The second kappa shape index (κ2) is 9.20. The maximum atomic E-state index is 3.61. The summed E-state index contributed by atoms with van der Waals surface area (Å²) < 4.78 is 0. The number of para-hydroxylation sites is 2. The normalized spacial score (nSPS) is 14.5. The number of hydrogen-bond donors (Lipinski definition) is 1. The van der Waals surface area contributed by atoms with Crippen LogP contribution in [0.3, 0.4) is 0 Å². The van der Waals surface area contributed by atoms with E-state index in [1.807, 2.05) is 0 Å². The van der Waals surface area contributed by atoms with Crippen LogP contribution in [0.2, 0.25) is 0 Å². The molecule has 178 valence electrons. The van der Waals surface area contributed by atoms with Crippen LogP contribution in [0.15, 0.2) is 103 Å². The van der Waals surface area contributed by atoms with Gasteiger partial charge in [-0.25, -0.2) is 0 Å². The third kappa shape index (κ3) is 4.03. The molecule has 6 rings (SSSR count). The van der Waals surface area contributed by atoms with Crippen molar-refractivity contribution in [3.63, 3.8) is 0 Å². The summed E-state index contributed by atoms with van der Waals surface area (Å²) in [6.45, 7) is 6.81. The molecular weight excluding hydrogens is 436 g/mol. The Bertz CT molecular complexity index is 1540. The van der Waals surface area contributed by atoms with E-state index in [9.17, 15) is 0 Å². The van der Waals surface area contributed by atoms with E-state index in [4.69, 9.17) is 0 Å². The summed E-state index contributed by atoms with van der Waals surface area (Å²) >= 11 is 0. The van der Waals surface area contributed by atoms with Gasteiger partial charge >= 0.3 is 0 Å². The summed E-state index contributed by atoms with van der Waals surface area (Å²) in [4.78, 5) is 6.00. The molecule has 2 heteroatoms. The molecule has 4 aromatic carbocycles. The predicted octanol–water partition coefficient (Wildman–Crippen LogP) is 9.63. The van der Waals surface area contributed by atoms with Gasteiger partial charge in [0.15, 0.2) is 0 Å². The molecule has 1 N–H and O–H groups in total. The molecule has 0 fully saturated rings. The smallest absolute Gasteiger partial charge is 0.0493 e. The molecule has 1 aromatic heterocycles. The zero-order valence-electron chi connectivity index (χ0n) is 21.2. The molecule has 0 saturated carbocycles. The number of aromatic nitrogens is 1. The predicted molar refractivity (Wildman–Crippen MR) is 154 cm³/mol. The van der Waals surface area contributed by atoms with Crippen LogP contribution in [-0.2, 0) is 6.42 Å². The number of anilines is 3. The zero-order valence-corrected chi connectivity index (χ0v) is 21.2. The molecular formula is C34H32N2. The van der Waals surface area contributed by atoms with E-state index in [-0.39, 0.29) is 0 Å². The number of rotatable bonds is 6. The number of allylic oxidation sites excluding steroid dienone is 1. The van der Waals surface area contributed by atoms with Crippen LogP contribution < -0.4 is 4.90 Å². The lowest BCUT2D eigenvalue weighted by Gasteiger charge is -2.28. The average molecular weight is 469 g/mol. The van der Waals surface area contributed by atoms with Gasteiger partial charge < -0.3 is 9.88 Å². The Hall–Kier alpha value is -4.04. The van der Waals surface area contributed by atoms with Crippen LogP contribution >= 0.6 is 0 Å². The summed E-state index contributed by atoms with van der Waals surface area (Å²) in [5, 5.41) is 1.31. The number of H-pyrrole nitrogens is 1. The highest BCUT2D eigenvalue weighted by atomic mass is 15.1. The van der Waals surface area contributed by atoms with Crippen molar-refractivity contribution < 1.29 is 0 Å². The van der Waals surface area contributed by atoms with Crippen molar-refractivity contribution in [3.05, 3.63) is 120 Å². The zero-order chi connectivity index (χ0) is 24.6. The lowest BCUT2D eigenvalue weighted by Crippen LogP contribution is -2.13. The summed E-state index contributed by atoms with van der Waals surface area (Å²) in [5.74, 6) is 1.05. The first-order valence-electron chi connectivity index (χ1n) is 13.0. The molecule has 2 nitrogen and oxygen atoms in total. The molecule has 1 unspecified atom stereocenters. The van der Waals surface area contributed by atoms with Gasteiger partial charge in [-0.3, -0.25) is 0 Å². The Morgan fingerprint density at radius 3 is 2.25 bits per heavy atom. The minimum atomic E-state index is 0.456. The minimum absolute atomic E-state index is 0.456. The number of nitrogens with zero attached hydrogens (tertiary/aromatic N) is 1. The van der Waals surface area contributed by atoms with Gasteiger partial charge in [0.1, 0.15) is 0 Å². The molecule has 0 spiro atoms. The summed E-state index contributed by atoms with van der Waals surface area (Å²) in [7, 11) is 0. The van der Waals surface area contributed by atoms with Gasteiger partial charge in [0.25, 0.3) is 0 Å². The number of fused-ring (bicyclic) bond motifs is 3. The van der Waals surface area contributed by atoms with E-state index in [1.54, 1.807) is 0 Å². The third-order valence-electron chi connectivity index (χ3n) is 7.21. The first kappa shape index (κ1) is 22.4. The van der Waals surface area contributed by atoms with E-state index in [2.05, 4.69) is 140 Å². The number of hydrogen-bond acceptors (Lipinski definition) is 1. The summed E-state index contributed by atoms with van der Waals surface area (Å²) in [6.07, 6.45) is 5.58. The molecule has 1 aliphatic rings. The van der Waals surface area contributed by atoms with Crippen LogP contribution in [-0.4, -0.2) is 4.98 Å². The first-order chi connectivity index (χ1) is 17.6. The second-order valence-corrected chi connectivity index (χ2v) is 10.3. The standard InChI is InChI=1S/C34H32N2/c1-23(2)21-27-9-7-8-12-33(27)36(28-10-5-4-6-11-28)29-17-14-25(15-18-29)26-16-20-32-31(22-26)30-19-13-24(3)34(30)35-32/h4-20,22-24,35H,21H2,1-3H3. The van der Waals surface area contributed by atoms with Crippen LogP contribution in [0.1, 0.15) is 43.5 Å². The summed E-state index contributed by atoms with van der Waals surface area (Å²) in [5.41, 5.74) is 11.3. The highest BCUT2D eigenvalue weighted by Gasteiger charge is 2.19. The minimum Gasteiger partial charge on any atom is -0.357 e. The van der Waals surface area contributed by atoms with Crippen molar-refractivity contribution in [1.82, 2.24) is 4.98 Å². The molecule has 0 amide bonds. The summed E-state index contributed by atoms with van der Waals surface area (Å²) in [6, 6.07) is 35.3. The number of aromatic amines is 1. The molecule has 1 atom stereocenters. The Labute approximate surface area is 213 Å². The van der Waals surface area contributed by atoms with Gasteiger partial charge in [-0.05, 0) is 71.5 Å². The van der Waals surface area contributed by atoms with Crippen molar-refractivity contribution in [2.75, 3.05) is 4.90 Å². The van der Waals surface area contributed by atoms with Gasteiger partial charge in [-0.1, -0.05) is 87.5 Å². The fraction of sp³-hybridized carbons (Fsp3) is 0.176. The number of nitrogens with one attached hydrogen (secondary N) is 1. The maximum absolute atomic E-state index is 3.61. The van der Waals surface area contributed by atoms with E-state index in [0.29, 0.717) is 11.8 Å². The fourth-order valence-electron chi connectivity index (χ4n) is 5.44. The lowest BCUT2D eigenvalue weighted by molar-refractivity contribution is 0.647. The quantitative estimate of drug-likeness (QED) is 0.263. The highest BCUT2D eigenvalue weighted by molar-refractivity contribution is 5.95. The van der Waals surface area contributed by atoms with Crippen LogP contribution in [0.25, 0.3) is 28.1 Å². The molecule has 0 aliphatic heterocycles. The average Bonchev–Trinajstić information content (AvgIpc) is 3.45. The molecule has 0 bridgehead atoms. The first-order valence-corrected chi connectivity index (χ1v) is 13.0. The topological polar surface area (TPSA) is 19.0 Å². The van der Waals surface area contributed by atoms with Crippen molar-refractivity contribution in [2.24, 2.45) is 5.92 Å². The Kier molecular flexibility index (Phi) is 5.73. The molecule has 0 radical (unpaired) electrons. The Morgan fingerprint density at radius 2 is 1.47 bits per heavy atom. The largest absolute Gasteiger partial charge is 0.357 e. The van der Waals surface area contributed by atoms with Gasteiger partial charge in [-0.15, -0.1) is 0 Å². The third-order valence-corrected chi connectivity index (χ3v) is 7.21. The van der Waals surface area contributed by atoms with Gasteiger partial charge in [0, 0.05) is 45.1 Å². The molecule has 5 aromatic rings. The van der Waals surface area contributed by atoms with E-state index in [1.165, 1.54) is 55.9 Å². The van der Waals surface area contributed by atoms with Crippen molar-refractivity contribution in [3.8, 4) is 11.1 Å². The van der Waals surface area contributed by atoms with Crippen molar-refractivity contribution in [1.29, 1.82) is 0 Å².